The molecule has 0 atom stereocenters. The van der Waals surface area contributed by atoms with E-state index in [1.54, 1.807) is 28.8 Å². The number of fused-ring (bicyclic) bond motifs is 1. The van der Waals surface area contributed by atoms with E-state index in [2.05, 4.69) is 0 Å². The molecule has 0 aliphatic heterocycles. The van der Waals surface area contributed by atoms with Gasteiger partial charge in [0.05, 0.1) is 11.1 Å². The Labute approximate surface area is 170 Å². The smallest absolute Gasteiger partial charge is 0.303 e. The first-order valence-electron chi connectivity index (χ1n) is 8.81. The Morgan fingerprint density at radius 2 is 1.82 bits per heavy atom. The number of rotatable bonds is 7. The minimum Gasteiger partial charge on any atom is -0.494 e. The maximum Gasteiger partial charge on any atom is 0.303 e. The van der Waals surface area contributed by atoms with Gasteiger partial charge in [0.1, 0.15) is 4.88 Å². The highest BCUT2D eigenvalue weighted by Gasteiger charge is 2.25. The molecule has 1 aromatic carbocycles. The van der Waals surface area contributed by atoms with Crippen LogP contribution in [0.3, 0.4) is 0 Å². The third-order valence-electron chi connectivity index (χ3n) is 4.53. The van der Waals surface area contributed by atoms with E-state index in [0.717, 1.165) is 0 Å². The van der Waals surface area contributed by atoms with Gasteiger partial charge in [-0.2, -0.15) is 0 Å². The summed E-state index contributed by atoms with van der Waals surface area (Å²) < 4.78 is 3.24. The van der Waals surface area contributed by atoms with Gasteiger partial charge >= 0.3 is 5.97 Å². The molecule has 0 radical (unpaired) electrons. The van der Waals surface area contributed by atoms with Gasteiger partial charge in [-0.3, -0.25) is 18.7 Å². The molecular weight excluding hydrogens is 400 g/mol. The molecule has 3 aromatic rings. The number of carboxylic acids is 1. The lowest BCUT2D eigenvalue weighted by atomic mass is 10.1. The lowest BCUT2D eigenvalue weighted by Gasteiger charge is -2.05. The summed E-state index contributed by atoms with van der Waals surface area (Å²) in [6.07, 6.45) is 2.05. The Bertz CT molecular complexity index is 1110. The van der Waals surface area contributed by atoms with Crippen molar-refractivity contribution in [2.45, 2.75) is 39.2 Å². The first kappa shape index (κ1) is 20.1. The third kappa shape index (κ3) is 3.67. The van der Waals surface area contributed by atoms with Gasteiger partial charge in [-0.05, 0) is 31.1 Å². The number of thiazole rings is 1. The minimum absolute atomic E-state index is 0.0602. The highest BCUT2D eigenvalue weighted by molar-refractivity contribution is 7.73. The van der Waals surface area contributed by atoms with Gasteiger partial charge in [-0.1, -0.05) is 24.6 Å². The molecular formula is C19H20N2O5S2. The maximum absolute atomic E-state index is 12.0. The number of carbonyl (C=O) groups is 2. The summed E-state index contributed by atoms with van der Waals surface area (Å²) in [5, 5.41) is 30.8. The van der Waals surface area contributed by atoms with Gasteiger partial charge in [0.15, 0.2) is 3.95 Å². The number of carboxylic acid groups (broad SMARTS) is 1. The fourth-order valence-electron chi connectivity index (χ4n) is 3.25. The molecule has 0 aliphatic rings. The zero-order valence-corrected chi connectivity index (χ0v) is 16.8. The molecule has 0 bridgehead atoms. The molecule has 0 amide bonds. The number of benzene rings is 1. The molecule has 0 unspecified atom stereocenters. The maximum atomic E-state index is 12.0. The fraction of sp³-hybridized carbons (Fsp3) is 0.316. The van der Waals surface area contributed by atoms with E-state index in [0.29, 0.717) is 51.1 Å². The summed E-state index contributed by atoms with van der Waals surface area (Å²) in [5.41, 5.74) is 0.936. The van der Waals surface area contributed by atoms with E-state index >= 15 is 0 Å². The lowest BCUT2D eigenvalue weighted by molar-refractivity contribution is -0.137. The molecule has 3 N–H and O–H groups in total. The summed E-state index contributed by atoms with van der Waals surface area (Å²) in [6, 6.07) is 7.08. The van der Waals surface area contributed by atoms with E-state index in [-0.39, 0.29) is 24.1 Å². The second-order valence-electron chi connectivity index (χ2n) is 6.45. The number of hydrogen-bond donors (Lipinski definition) is 3. The number of carbonyl (C=O) groups excluding carboxylic acids is 1. The number of para-hydroxylation sites is 1. The van der Waals surface area contributed by atoms with Crippen molar-refractivity contribution in [3.8, 4) is 22.2 Å². The number of aromatic nitrogens is 2. The van der Waals surface area contributed by atoms with Gasteiger partial charge in [0.25, 0.3) is 0 Å². The van der Waals surface area contributed by atoms with Crippen LogP contribution in [0.4, 0.5) is 0 Å². The molecule has 0 saturated carbocycles. The topological polar surface area (TPSA) is 105 Å². The van der Waals surface area contributed by atoms with Crippen LogP contribution in [0, 0.1) is 3.95 Å². The largest absolute Gasteiger partial charge is 0.494 e. The molecule has 0 fully saturated rings. The Morgan fingerprint density at radius 1 is 1.11 bits per heavy atom. The molecule has 9 heteroatoms. The molecule has 2 heterocycles. The summed E-state index contributed by atoms with van der Waals surface area (Å²) in [7, 11) is 0. The van der Waals surface area contributed by atoms with Crippen LogP contribution in [0.2, 0.25) is 0 Å². The second kappa shape index (κ2) is 8.15. The van der Waals surface area contributed by atoms with Gasteiger partial charge < -0.3 is 15.3 Å². The van der Waals surface area contributed by atoms with Gasteiger partial charge in [-0.15, -0.1) is 11.3 Å². The van der Waals surface area contributed by atoms with Crippen molar-refractivity contribution in [2.75, 3.05) is 0 Å². The Hall–Kier alpha value is -2.65. The number of unbranched alkanes of at least 4 members (excludes halogenated alkanes) is 2. The lowest BCUT2D eigenvalue weighted by Crippen LogP contribution is -2.03. The van der Waals surface area contributed by atoms with E-state index < -0.39 is 5.97 Å². The molecule has 2 aromatic heterocycles. The first-order valence-corrected chi connectivity index (χ1v) is 10.0. The van der Waals surface area contributed by atoms with Crippen molar-refractivity contribution in [1.82, 2.24) is 9.13 Å². The molecule has 7 nitrogen and oxygen atoms in total. The summed E-state index contributed by atoms with van der Waals surface area (Å²) in [4.78, 5) is 23.0. The number of aliphatic carboxylic acids is 1. The number of nitrogens with zero attached hydrogens (tertiary/aromatic N) is 2. The van der Waals surface area contributed by atoms with Crippen LogP contribution >= 0.6 is 23.6 Å². The predicted molar refractivity (Wildman–Crippen MR) is 110 cm³/mol. The molecule has 3 rings (SSSR count). The van der Waals surface area contributed by atoms with Crippen molar-refractivity contribution in [2.24, 2.45) is 0 Å². The highest BCUT2D eigenvalue weighted by atomic mass is 32.1. The van der Waals surface area contributed by atoms with Crippen LogP contribution in [0.5, 0.6) is 11.8 Å². The molecule has 0 saturated heterocycles. The van der Waals surface area contributed by atoms with Crippen LogP contribution in [-0.4, -0.2) is 36.3 Å². The van der Waals surface area contributed by atoms with E-state index in [1.807, 2.05) is 0 Å². The third-order valence-corrected chi connectivity index (χ3v) is 5.99. The Balaban J connectivity index is 1.98. The van der Waals surface area contributed by atoms with Gasteiger partial charge in [0.2, 0.25) is 17.7 Å². The number of aromatic hydroxyl groups is 2. The average molecular weight is 421 g/mol. The van der Waals surface area contributed by atoms with Crippen LogP contribution < -0.4 is 0 Å². The molecule has 0 aliphatic carbocycles. The summed E-state index contributed by atoms with van der Waals surface area (Å²) in [6.45, 7) is 1.81. The van der Waals surface area contributed by atoms with E-state index in [4.69, 9.17) is 17.3 Å². The van der Waals surface area contributed by atoms with Crippen molar-refractivity contribution in [3.63, 3.8) is 0 Å². The van der Waals surface area contributed by atoms with Crippen LogP contribution in [0.1, 0.15) is 37.4 Å². The van der Waals surface area contributed by atoms with Crippen LogP contribution in [0.25, 0.3) is 21.3 Å². The normalized spacial score (nSPS) is 11.2. The minimum atomic E-state index is -0.824. The van der Waals surface area contributed by atoms with E-state index in [1.165, 1.54) is 22.8 Å². The van der Waals surface area contributed by atoms with Crippen molar-refractivity contribution < 1.29 is 24.9 Å². The Kier molecular flexibility index (Phi) is 5.85. The fourth-order valence-corrected chi connectivity index (χ4v) is 4.64. The Morgan fingerprint density at radius 3 is 2.50 bits per heavy atom. The van der Waals surface area contributed by atoms with Crippen LogP contribution in [-0.2, 0) is 11.3 Å². The zero-order chi connectivity index (χ0) is 20.4. The molecule has 0 spiro atoms. The van der Waals surface area contributed by atoms with Gasteiger partial charge in [0, 0.05) is 25.3 Å². The monoisotopic (exact) mass is 420 g/mol. The SMILES string of the molecule is CC(=O)n1c(O)c(-c2sc(=S)n(CCCCCC(=O)O)c2O)c2ccccc21. The highest BCUT2D eigenvalue weighted by Crippen LogP contribution is 2.46. The molecule has 148 valence electrons. The summed E-state index contributed by atoms with van der Waals surface area (Å²) >= 11 is 6.54. The zero-order valence-electron chi connectivity index (χ0n) is 15.2. The summed E-state index contributed by atoms with van der Waals surface area (Å²) in [5.74, 6) is -1.45. The molecule has 28 heavy (non-hydrogen) atoms. The van der Waals surface area contributed by atoms with Crippen molar-refractivity contribution in [1.29, 1.82) is 0 Å². The first-order chi connectivity index (χ1) is 13.3. The average Bonchev–Trinajstić information content (AvgIpc) is 3.07. The van der Waals surface area contributed by atoms with Crippen molar-refractivity contribution in [3.05, 3.63) is 28.2 Å². The van der Waals surface area contributed by atoms with Crippen molar-refractivity contribution >= 4 is 46.3 Å². The van der Waals surface area contributed by atoms with E-state index in [9.17, 15) is 19.8 Å². The van der Waals surface area contributed by atoms with Gasteiger partial charge in [-0.25, -0.2) is 0 Å². The standard InChI is InChI=1S/C19H20N2O5S2/c1-11(22)21-13-8-5-4-7-12(13)15(17(21)25)16-18(26)20(19(27)28-16)10-6-2-3-9-14(23)24/h4-5,7-8,25-26H,2-3,6,9-10H2,1H3,(H,23,24). The quantitative estimate of drug-likeness (QED) is 0.381. The van der Waals surface area contributed by atoms with Crippen LogP contribution in [0.15, 0.2) is 24.3 Å². The number of hydrogen-bond acceptors (Lipinski definition) is 6. The second-order valence-corrected chi connectivity index (χ2v) is 8.09. The predicted octanol–water partition coefficient (Wildman–Crippen LogP) is 4.62.